The Morgan fingerprint density at radius 3 is 2.46 bits per heavy atom. The molecule has 0 fully saturated rings. The van der Waals surface area contributed by atoms with Crippen LogP contribution in [-0.2, 0) is 17.4 Å². The van der Waals surface area contributed by atoms with E-state index in [1.807, 2.05) is 0 Å². The minimum atomic E-state index is -4.84. The molecule has 0 aliphatic heterocycles. The third-order valence-corrected chi connectivity index (χ3v) is 3.47. The topological polar surface area (TPSA) is 72.7 Å². The van der Waals surface area contributed by atoms with Crippen LogP contribution in [0, 0.1) is 5.82 Å². The number of aromatic nitrogens is 4. The van der Waals surface area contributed by atoms with E-state index < -0.39 is 23.5 Å². The maximum atomic E-state index is 13.3. The minimum Gasteiger partial charge on any atom is -0.326 e. The van der Waals surface area contributed by atoms with Crippen LogP contribution in [0.4, 0.5) is 23.2 Å². The Hall–Kier alpha value is -3.30. The zero-order valence-electron chi connectivity index (χ0n) is 13.0. The van der Waals surface area contributed by atoms with Gasteiger partial charge in [-0.2, -0.15) is 13.2 Å². The van der Waals surface area contributed by atoms with Crippen LogP contribution in [0.5, 0.6) is 0 Å². The van der Waals surface area contributed by atoms with Crippen molar-refractivity contribution in [2.45, 2.75) is 12.6 Å². The van der Waals surface area contributed by atoms with Gasteiger partial charge in [0.25, 0.3) is 0 Å². The first-order chi connectivity index (χ1) is 12.3. The van der Waals surface area contributed by atoms with Crippen LogP contribution in [0.25, 0.3) is 5.69 Å². The number of anilines is 1. The summed E-state index contributed by atoms with van der Waals surface area (Å²) in [4.78, 5) is 12.0. The van der Waals surface area contributed by atoms with Gasteiger partial charge in [0.1, 0.15) is 12.1 Å². The molecule has 0 radical (unpaired) electrons. The minimum absolute atomic E-state index is 0.0609. The smallest absolute Gasteiger partial charge is 0.326 e. The fraction of sp³-hybridized carbons (Fsp3) is 0.125. The number of carbonyl (C=O) groups is 1. The lowest BCUT2D eigenvalue weighted by Crippen LogP contribution is -2.16. The number of hydrogen-bond acceptors (Lipinski definition) is 4. The van der Waals surface area contributed by atoms with Crippen molar-refractivity contribution < 1.29 is 22.4 Å². The van der Waals surface area contributed by atoms with Crippen LogP contribution in [-0.4, -0.2) is 26.1 Å². The molecule has 0 atom stereocenters. The molecule has 0 saturated heterocycles. The van der Waals surface area contributed by atoms with E-state index in [4.69, 9.17) is 0 Å². The van der Waals surface area contributed by atoms with Gasteiger partial charge in [-0.25, -0.2) is 9.07 Å². The molecule has 10 heteroatoms. The molecule has 26 heavy (non-hydrogen) atoms. The molecule has 2 aromatic carbocycles. The summed E-state index contributed by atoms with van der Waals surface area (Å²) in [5.74, 6) is -1.92. The second-order valence-electron chi connectivity index (χ2n) is 5.34. The predicted octanol–water partition coefficient (Wildman–Crippen LogP) is 3.00. The summed E-state index contributed by atoms with van der Waals surface area (Å²) in [5, 5.41) is 13.1. The van der Waals surface area contributed by atoms with Crippen molar-refractivity contribution in [3.8, 4) is 5.69 Å². The Kier molecular flexibility index (Phi) is 4.65. The van der Waals surface area contributed by atoms with Gasteiger partial charge >= 0.3 is 6.18 Å². The Morgan fingerprint density at radius 1 is 1.12 bits per heavy atom. The number of amides is 1. The van der Waals surface area contributed by atoms with Crippen molar-refractivity contribution in [3.63, 3.8) is 0 Å². The number of nitrogens with one attached hydrogen (secondary N) is 1. The molecule has 0 unspecified atom stereocenters. The molecule has 0 aliphatic rings. The molecule has 3 rings (SSSR count). The molecule has 1 amide bonds. The second-order valence-corrected chi connectivity index (χ2v) is 5.34. The summed E-state index contributed by atoms with van der Waals surface area (Å²) < 4.78 is 52.8. The van der Waals surface area contributed by atoms with Gasteiger partial charge in [-0.3, -0.25) is 4.79 Å². The summed E-state index contributed by atoms with van der Waals surface area (Å²) in [5.41, 5.74) is -0.236. The number of hydrogen-bond donors (Lipinski definition) is 1. The molecule has 1 aromatic heterocycles. The predicted molar refractivity (Wildman–Crippen MR) is 82.9 cm³/mol. The Morgan fingerprint density at radius 2 is 1.85 bits per heavy atom. The van der Waals surface area contributed by atoms with E-state index >= 15 is 0 Å². The van der Waals surface area contributed by atoms with Gasteiger partial charge in [0.2, 0.25) is 5.91 Å². The van der Waals surface area contributed by atoms with E-state index in [0.717, 1.165) is 6.07 Å². The van der Waals surface area contributed by atoms with Gasteiger partial charge in [0.15, 0.2) is 0 Å². The Bertz CT molecular complexity index is 907. The maximum absolute atomic E-state index is 13.3. The molecule has 3 aromatic rings. The van der Waals surface area contributed by atoms with Gasteiger partial charge in [-0.05, 0) is 46.3 Å². The fourth-order valence-corrected chi connectivity index (χ4v) is 2.26. The summed E-state index contributed by atoms with van der Waals surface area (Å²) >= 11 is 0. The number of rotatable bonds is 4. The maximum Gasteiger partial charge on any atom is 0.419 e. The first-order valence-electron chi connectivity index (χ1n) is 7.32. The summed E-state index contributed by atoms with van der Waals surface area (Å²) in [6, 6.07) is 9.03. The summed E-state index contributed by atoms with van der Waals surface area (Å²) in [6.07, 6.45) is -3.49. The number of alkyl halides is 3. The monoisotopic (exact) mass is 365 g/mol. The average molecular weight is 365 g/mol. The second kappa shape index (κ2) is 6.90. The van der Waals surface area contributed by atoms with Gasteiger partial charge < -0.3 is 5.32 Å². The van der Waals surface area contributed by atoms with Crippen molar-refractivity contribution in [2.24, 2.45) is 0 Å². The van der Waals surface area contributed by atoms with Crippen LogP contribution in [0.2, 0.25) is 0 Å². The highest BCUT2D eigenvalue weighted by Crippen LogP contribution is 2.33. The third-order valence-electron chi connectivity index (χ3n) is 3.47. The summed E-state index contributed by atoms with van der Waals surface area (Å²) in [6.45, 7) is 0. The molecule has 0 bridgehead atoms. The molecule has 0 spiro atoms. The number of halogens is 4. The average Bonchev–Trinajstić information content (AvgIpc) is 3.11. The molecule has 134 valence electrons. The van der Waals surface area contributed by atoms with E-state index in [1.54, 1.807) is 24.3 Å². The van der Waals surface area contributed by atoms with Crippen molar-refractivity contribution in [2.75, 3.05) is 5.32 Å². The van der Waals surface area contributed by atoms with E-state index in [2.05, 4.69) is 20.8 Å². The van der Waals surface area contributed by atoms with Crippen molar-refractivity contribution in [1.82, 2.24) is 20.2 Å². The molecule has 0 aliphatic carbocycles. The lowest BCUT2D eigenvalue weighted by Gasteiger charge is -2.11. The third kappa shape index (κ3) is 4.02. The van der Waals surface area contributed by atoms with Gasteiger partial charge in [0.05, 0.1) is 17.7 Å². The fourth-order valence-electron chi connectivity index (χ4n) is 2.26. The molecule has 1 heterocycles. The van der Waals surface area contributed by atoms with E-state index in [1.165, 1.54) is 11.0 Å². The lowest BCUT2D eigenvalue weighted by molar-refractivity contribution is -0.140. The van der Waals surface area contributed by atoms with E-state index in [9.17, 15) is 22.4 Å². The zero-order valence-corrected chi connectivity index (χ0v) is 13.0. The zero-order chi connectivity index (χ0) is 18.7. The van der Waals surface area contributed by atoms with Crippen LogP contribution >= 0.6 is 0 Å². The normalized spacial score (nSPS) is 11.4. The van der Waals surface area contributed by atoms with Gasteiger partial charge in [-0.15, -0.1) is 5.10 Å². The highest BCUT2D eigenvalue weighted by Gasteiger charge is 2.34. The largest absolute Gasteiger partial charge is 0.419 e. The van der Waals surface area contributed by atoms with Gasteiger partial charge in [-0.1, -0.05) is 12.1 Å². The molecular formula is C16H11F4N5O. The van der Waals surface area contributed by atoms with Crippen molar-refractivity contribution in [1.29, 1.82) is 0 Å². The van der Waals surface area contributed by atoms with E-state index in [0.29, 0.717) is 23.4 Å². The number of carbonyl (C=O) groups excluding carboxylic acids is 1. The number of benzene rings is 2. The number of tetrazole rings is 1. The first-order valence-corrected chi connectivity index (χ1v) is 7.32. The Labute approximate surface area is 144 Å². The highest BCUT2D eigenvalue weighted by atomic mass is 19.4. The SMILES string of the molecule is O=C(Cc1ccc(-n2cnnn2)cc1)Nc1ccc(F)c(C(F)(F)F)c1. The quantitative estimate of drug-likeness (QED) is 0.722. The molecule has 0 saturated carbocycles. The van der Waals surface area contributed by atoms with Gasteiger partial charge in [0, 0.05) is 5.69 Å². The first kappa shape index (κ1) is 17.5. The summed E-state index contributed by atoms with van der Waals surface area (Å²) in [7, 11) is 0. The van der Waals surface area contributed by atoms with Crippen LogP contribution in [0.1, 0.15) is 11.1 Å². The number of nitrogens with zero attached hydrogens (tertiary/aromatic N) is 4. The van der Waals surface area contributed by atoms with Crippen molar-refractivity contribution >= 4 is 11.6 Å². The molecule has 1 N–H and O–H groups in total. The molecule has 6 nitrogen and oxygen atoms in total. The Balaban J connectivity index is 1.68. The van der Waals surface area contributed by atoms with Crippen molar-refractivity contribution in [3.05, 3.63) is 65.7 Å². The van der Waals surface area contributed by atoms with Crippen LogP contribution < -0.4 is 5.32 Å². The van der Waals surface area contributed by atoms with E-state index in [-0.39, 0.29) is 12.1 Å². The highest BCUT2D eigenvalue weighted by molar-refractivity contribution is 5.92. The standard InChI is InChI=1S/C16H11F4N5O/c17-14-6-3-11(8-13(14)16(18,19)20)22-15(26)7-10-1-4-12(5-2-10)25-9-21-23-24-25/h1-6,8-9H,7H2,(H,22,26). The lowest BCUT2D eigenvalue weighted by atomic mass is 10.1. The molecular weight excluding hydrogens is 354 g/mol. The van der Waals surface area contributed by atoms with Crippen LogP contribution in [0.3, 0.4) is 0 Å². The van der Waals surface area contributed by atoms with Crippen LogP contribution in [0.15, 0.2) is 48.8 Å².